The van der Waals surface area contributed by atoms with Crippen LogP contribution in [0.15, 0.2) is 0 Å². The van der Waals surface area contributed by atoms with Gasteiger partial charge in [0.25, 0.3) is 0 Å². The van der Waals surface area contributed by atoms with Crippen LogP contribution in [0.25, 0.3) is 0 Å². The van der Waals surface area contributed by atoms with Crippen molar-refractivity contribution in [1.82, 2.24) is 5.32 Å². The molecule has 1 amide bonds. The molecule has 3 nitrogen and oxygen atoms in total. The highest BCUT2D eigenvalue weighted by Gasteiger charge is 1.92. The van der Waals surface area contributed by atoms with Crippen LogP contribution in [0.5, 0.6) is 0 Å². The Morgan fingerprint density at radius 1 is 1.60 bits per heavy atom. The lowest BCUT2D eigenvalue weighted by molar-refractivity contribution is 0.195. The lowest BCUT2D eigenvalue weighted by Gasteiger charge is -1.97. The first-order chi connectivity index (χ1) is 4.77. The van der Waals surface area contributed by atoms with Gasteiger partial charge in [0.1, 0.15) is 0 Å². The van der Waals surface area contributed by atoms with E-state index in [1.54, 1.807) is 0 Å². The van der Waals surface area contributed by atoms with Gasteiger partial charge in [-0.25, -0.2) is 4.79 Å². The zero-order valence-electron chi connectivity index (χ0n) is 5.47. The van der Waals surface area contributed by atoms with Gasteiger partial charge in [-0.15, -0.1) is 0 Å². The van der Waals surface area contributed by atoms with E-state index < -0.39 is 6.09 Å². The van der Waals surface area contributed by atoms with E-state index in [0.717, 1.165) is 0 Å². The molecule has 0 aromatic carbocycles. The maximum atomic E-state index is 11.4. The number of carbonyl (C=O) groups is 1. The predicted molar refractivity (Wildman–Crippen MR) is 39.3 cm³/mol. The standard InChI is InChI=1S/C5H10FNO2S/c6-1-3-10-4-2-7-5(8)9/h7H,1-4H2,(H,8,9). The maximum absolute atomic E-state index is 11.4. The minimum Gasteiger partial charge on any atom is -0.465 e. The molecule has 0 rings (SSSR count). The van der Waals surface area contributed by atoms with Crippen molar-refractivity contribution < 1.29 is 14.3 Å². The molecule has 0 aromatic heterocycles. The number of thioether (sulfide) groups is 1. The molecule has 0 aliphatic carbocycles. The molecular formula is C5H10FNO2S. The first-order valence-electron chi connectivity index (χ1n) is 2.88. The lowest BCUT2D eigenvalue weighted by atomic mass is 10.7. The highest BCUT2D eigenvalue weighted by Crippen LogP contribution is 1.96. The topological polar surface area (TPSA) is 49.3 Å². The van der Waals surface area contributed by atoms with Crippen LogP contribution in [-0.2, 0) is 0 Å². The summed E-state index contributed by atoms with van der Waals surface area (Å²) in [6.07, 6.45) is -1.03. The predicted octanol–water partition coefficient (Wildman–Crippen LogP) is 0.957. The Morgan fingerprint density at radius 3 is 2.80 bits per heavy atom. The van der Waals surface area contributed by atoms with Gasteiger partial charge in [0, 0.05) is 18.1 Å². The van der Waals surface area contributed by atoms with E-state index in [0.29, 0.717) is 18.1 Å². The van der Waals surface area contributed by atoms with Gasteiger partial charge in [0.15, 0.2) is 0 Å². The van der Waals surface area contributed by atoms with Crippen LogP contribution in [0, 0.1) is 0 Å². The first-order valence-corrected chi connectivity index (χ1v) is 4.03. The van der Waals surface area contributed by atoms with Gasteiger partial charge < -0.3 is 10.4 Å². The summed E-state index contributed by atoms with van der Waals surface area (Å²) < 4.78 is 11.4. The number of amides is 1. The quantitative estimate of drug-likeness (QED) is 0.599. The minimum atomic E-state index is -1.03. The van der Waals surface area contributed by atoms with Gasteiger partial charge in [0.2, 0.25) is 0 Å². The fourth-order valence-corrected chi connectivity index (χ4v) is 0.946. The van der Waals surface area contributed by atoms with Crippen LogP contribution in [0.1, 0.15) is 0 Å². The van der Waals surface area contributed by atoms with Gasteiger partial charge in [-0.3, -0.25) is 4.39 Å². The summed E-state index contributed by atoms with van der Waals surface area (Å²) in [4.78, 5) is 9.84. The molecule has 0 fully saturated rings. The summed E-state index contributed by atoms with van der Waals surface area (Å²) in [5.74, 6) is 1.08. The minimum absolute atomic E-state index is 0.349. The molecular weight excluding hydrogens is 157 g/mol. The number of hydrogen-bond donors (Lipinski definition) is 2. The van der Waals surface area contributed by atoms with E-state index >= 15 is 0 Å². The van der Waals surface area contributed by atoms with Crippen LogP contribution < -0.4 is 5.32 Å². The van der Waals surface area contributed by atoms with Gasteiger partial charge in [-0.05, 0) is 0 Å². The summed E-state index contributed by atoms with van der Waals surface area (Å²) in [5, 5.41) is 10.3. The Bertz CT molecular complexity index is 102. The lowest BCUT2D eigenvalue weighted by Crippen LogP contribution is -2.23. The van der Waals surface area contributed by atoms with Crippen molar-refractivity contribution in [2.24, 2.45) is 0 Å². The number of halogens is 1. The summed E-state index contributed by atoms with van der Waals surface area (Å²) in [6.45, 7) is 0.0394. The zero-order chi connectivity index (χ0) is 7.82. The second-order valence-corrected chi connectivity index (χ2v) is 2.76. The van der Waals surface area contributed by atoms with Crippen molar-refractivity contribution in [1.29, 1.82) is 0 Å². The van der Waals surface area contributed by atoms with Crippen LogP contribution in [-0.4, -0.2) is 35.9 Å². The van der Waals surface area contributed by atoms with Gasteiger partial charge in [-0.1, -0.05) is 0 Å². The van der Waals surface area contributed by atoms with Crippen molar-refractivity contribution in [3.8, 4) is 0 Å². The number of hydrogen-bond acceptors (Lipinski definition) is 2. The second kappa shape index (κ2) is 6.67. The summed E-state index contributed by atoms with van der Waals surface area (Å²) in [6, 6.07) is 0. The van der Waals surface area contributed by atoms with Crippen molar-refractivity contribution >= 4 is 17.9 Å². The first kappa shape index (κ1) is 9.55. The van der Waals surface area contributed by atoms with Crippen molar-refractivity contribution in [2.75, 3.05) is 24.7 Å². The van der Waals surface area contributed by atoms with Crippen molar-refractivity contribution in [2.45, 2.75) is 0 Å². The van der Waals surface area contributed by atoms with E-state index in [1.165, 1.54) is 11.8 Å². The molecule has 60 valence electrons. The highest BCUT2D eigenvalue weighted by molar-refractivity contribution is 7.99. The molecule has 0 aromatic rings. The molecule has 0 bridgehead atoms. The Balaban J connectivity index is 2.84. The highest BCUT2D eigenvalue weighted by atomic mass is 32.2. The third-order valence-corrected chi connectivity index (χ3v) is 1.68. The van der Waals surface area contributed by atoms with E-state index in [1.807, 2.05) is 0 Å². The van der Waals surface area contributed by atoms with Gasteiger partial charge in [0.05, 0.1) is 6.67 Å². The summed E-state index contributed by atoms with van der Waals surface area (Å²) in [7, 11) is 0. The monoisotopic (exact) mass is 167 g/mol. The molecule has 2 N–H and O–H groups in total. The normalized spacial score (nSPS) is 9.30. The molecule has 0 saturated heterocycles. The molecule has 5 heteroatoms. The molecule has 0 aliphatic rings. The molecule has 0 aliphatic heterocycles. The third kappa shape index (κ3) is 7.55. The van der Waals surface area contributed by atoms with E-state index in [9.17, 15) is 9.18 Å². The summed E-state index contributed by atoms with van der Waals surface area (Å²) >= 11 is 1.39. The molecule has 0 saturated carbocycles. The number of carboxylic acid groups (broad SMARTS) is 1. The number of alkyl halides is 1. The Morgan fingerprint density at radius 2 is 2.30 bits per heavy atom. The van der Waals surface area contributed by atoms with Crippen molar-refractivity contribution in [3.05, 3.63) is 0 Å². The van der Waals surface area contributed by atoms with E-state index in [-0.39, 0.29) is 6.67 Å². The molecule has 10 heavy (non-hydrogen) atoms. The van der Waals surface area contributed by atoms with E-state index in [2.05, 4.69) is 5.32 Å². The summed E-state index contributed by atoms with van der Waals surface area (Å²) in [5.41, 5.74) is 0. The molecule has 0 unspecified atom stereocenters. The maximum Gasteiger partial charge on any atom is 0.404 e. The Kier molecular flexibility index (Phi) is 6.37. The van der Waals surface area contributed by atoms with Crippen LogP contribution >= 0.6 is 11.8 Å². The fraction of sp³-hybridized carbons (Fsp3) is 0.800. The molecule has 0 radical (unpaired) electrons. The van der Waals surface area contributed by atoms with Crippen LogP contribution in [0.3, 0.4) is 0 Å². The average molecular weight is 167 g/mol. The van der Waals surface area contributed by atoms with E-state index in [4.69, 9.17) is 5.11 Å². The largest absolute Gasteiger partial charge is 0.465 e. The molecule has 0 heterocycles. The second-order valence-electron chi connectivity index (χ2n) is 1.53. The Hall–Kier alpha value is -0.450. The van der Waals surface area contributed by atoms with Gasteiger partial charge >= 0.3 is 6.09 Å². The van der Waals surface area contributed by atoms with Gasteiger partial charge in [-0.2, -0.15) is 11.8 Å². The zero-order valence-corrected chi connectivity index (χ0v) is 6.29. The third-order valence-electron chi connectivity index (χ3n) is 0.744. The smallest absolute Gasteiger partial charge is 0.404 e. The fourth-order valence-electron chi connectivity index (χ4n) is 0.387. The molecule has 0 atom stereocenters. The van der Waals surface area contributed by atoms with Crippen molar-refractivity contribution in [3.63, 3.8) is 0 Å². The Labute approximate surface area is 63.0 Å². The van der Waals surface area contributed by atoms with Crippen LogP contribution in [0.2, 0.25) is 0 Å². The SMILES string of the molecule is O=C(O)NCCSCCF. The number of nitrogens with one attached hydrogen (secondary N) is 1. The molecule has 0 spiro atoms. The van der Waals surface area contributed by atoms with Crippen LogP contribution in [0.4, 0.5) is 9.18 Å². The number of rotatable bonds is 5. The average Bonchev–Trinajstić information content (AvgIpc) is 1.87.